The highest BCUT2D eigenvalue weighted by Gasteiger charge is 2.09. The van der Waals surface area contributed by atoms with Crippen LogP contribution in [0.1, 0.15) is 23.1 Å². The number of nitriles is 1. The van der Waals surface area contributed by atoms with E-state index in [9.17, 15) is 4.79 Å². The van der Waals surface area contributed by atoms with Crippen molar-refractivity contribution in [3.8, 4) is 6.07 Å². The number of carbonyl (C=O) groups excluding carboxylic acids is 1. The fourth-order valence-corrected chi connectivity index (χ4v) is 2.63. The van der Waals surface area contributed by atoms with Gasteiger partial charge >= 0.3 is 0 Å². The molecule has 0 heterocycles. The molecule has 0 bridgehead atoms. The molecule has 0 saturated carbocycles. The highest BCUT2D eigenvalue weighted by molar-refractivity contribution is 6.34. The molecule has 0 aliphatic heterocycles. The van der Waals surface area contributed by atoms with Crippen molar-refractivity contribution >= 4 is 28.9 Å². The van der Waals surface area contributed by atoms with Crippen LogP contribution in [0, 0.1) is 25.2 Å². The highest BCUT2D eigenvalue weighted by Crippen LogP contribution is 2.27. The molecule has 4 nitrogen and oxygen atoms in total. The summed E-state index contributed by atoms with van der Waals surface area (Å²) in [6.07, 6.45) is 0.323. The second-order valence-corrected chi connectivity index (χ2v) is 5.76. The molecule has 5 heteroatoms. The summed E-state index contributed by atoms with van der Waals surface area (Å²) in [7, 11) is 0. The minimum atomic E-state index is -0.0972. The first-order chi connectivity index (χ1) is 11.0. The Labute approximate surface area is 141 Å². The van der Waals surface area contributed by atoms with Gasteiger partial charge in [-0.15, -0.1) is 0 Å². The van der Waals surface area contributed by atoms with E-state index in [4.69, 9.17) is 16.9 Å². The molecule has 0 radical (unpaired) electrons. The van der Waals surface area contributed by atoms with Crippen LogP contribution in [0.25, 0.3) is 0 Å². The third-order valence-corrected chi connectivity index (χ3v) is 3.69. The van der Waals surface area contributed by atoms with Crippen molar-refractivity contribution in [1.82, 2.24) is 0 Å². The monoisotopic (exact) mass is 327 g/mol. The minimum absolute atomic E-state index is 0.0972. The molecule has 2 N–H and O–H groups in total. The zero-order valence-electron chi connectivity index (χ0n) is 13.1. The van der Waals surface area contributed by atoms with Gasteiger partial charge in [0.2, 0.25) is 5.91 Å². The maximum atomic E-state index is 12.0. The summed E-state index contributed by atoms with van der Waals surface area (Å²) in [5, 5.41) is 15.3. The number of nitrogens with one attached hydrogen (secondary N) is 2. The Morgan fingerprint density at radius 1 is 1.22 bits per heavy atom. The lowest BCUT2D eigenvalue weighted by Gasteiger charge is -2.12. The van der Waals surface area contributed by atoms with Crippen LogP contribution in [-0.2, 0) is 4.79 Å². The summed E-state index contributed by atoms with van der Waals surface area (Å²) in [4.78, 5) is 12.0. The molecule has 0 aliphatic carbocycles. The van der Waals surface area contributed by atoms with Gasteiger partial charge in [0.1, 0.15) is 0 Å². The number of hydrogen-bond donors (Lipinski definition) is 2. The summed E-state index contributed by atoms with van der Waals surface area (Å²) in [6.45, 7) is 4.38. The van der Waals surface area contributed by atoms with E-state index in [1.807, 2.05) is 38.1 Å². The smallest absolute Gasteiger partial charge is 0.226 e. The highest BCUT2D eigenvalue weighted by atomic mass is 35.5. The van der Waals surface area contributed by atoms with Crippen molar-refractivity contribution in [2.75, 3.05) is 17.2 Å². The van der Waals surface area contributed by atoms with Crippen molar-refractivity contribution in [3.63, 3.8) is 0 Å². The Morgan fingerprint density at radius 3 is 2.52 bits per heavy atom. The lowest BCUT2D eigenvalue weighted by molar-refractivity contribution is -0.115. The van der Waals surface area contributed by atoms with Crippen LogP contribution in [0.5, 0.6) is 0 Å². The molecule has 0 aromatic heterocycles. The van der Waals surface area contributed by atoms with Crippen molar-refractivity contribution in [2.45, 2.75) is 20.3 Å². The zero-order valence-corrected chi connectivity index (χ0v) is 13.9. The van der Waals surface area contributed by atoms with Crippen LogP contribution in [0.2, 0.25) is 5.02 Å². The molecular weight excluding hydrogens is 310 g/mol. The van der Waals surface area contributed by atoms with Gasteiger partial charge in [0.15, 0.2) is 0 Å². The second kappa shape index (κ2) is 7.66. The van der Waals surface area contributed by atoms with Crippen LogP contribution in [0.4, 0.5) is 11.4 Å². The molecule has 0 fully saturated rings. The van der Waals surface area contributed by atoms with E-state index in [0.29, 0.717) is 29.2 Å². The first-order valence-corrected chi connectivity index (χ1v) is 7.68. The van der Waals surface area contributed by atoms with Crippen LogP contribution in [0.3, 0.4) is 0 Å². The summed E-state index contributed by atoms with van der Waals surface area (Å²) >= 11 is 6.18. The Morgan fingerprint density at radius 2 is 1.91 bits per heavy atom. The molecular formula is C18H18ClN3O. The van der Waals surface area contributed by atoms with E-state index in [0.717, 1.165) is 16.8 Å². The number of anilines is 2. The average Bonchev–Trinajstić information content (AvgIpc) is 2.51. The largest absolute Gasteiger partial charge is 0.385 e. The Bertz CT molecular complexity index is 725. The van der Waals surface area contributed by atoms with E-state index < -0.39 is 0 Å². The molecule has 0 aliphatic rings. The van der Waals surface area contributed by atoms with Gasteiger partial charge < -0.3 is 10.6 Å². The van der Waals surface area contributed by atoms with Crippen LogP contribution in [0.15, 0.2) is 36.4 Å². The van der Waals surface area contributed by atoms with E-state index in [1.54, 1.807) is 12.1 Å². The van der Waals surface area contributed by atoms with Crippen molar-refractivity contribution in [1.29, 1.82) is 5.26 Å². The van der Waals surface area contributed by atoms with E-state index >= 15 is 0 Å². The number of halogens is 1. The molecule has 0 saturated heterocycles. The number of aryl methyl sites for hydroxylation is 2. The number of rotatable bonds is 5. The predicted octanol–water partition coefficient (Wildman–Crippen LogP) is 4.27. The fraction of sp³-hybridized carbons (Fsp3) is 0.222. The second-order valence-electron chi connectivity index (χ2n) is 5.35. The van der Waals surface area contributed by atoms with Crippen molar-refractivity contribution in [2.24, 2.45) is 0 Å². The molecule has 118 valence electrons. The quantitative estimate of drug-likeness (QED) is 0.862. The summed E-state index contributed by atoms with van der Waals surface area (Å²) < 4.78 is 0. The van der Waals surface area contributed by atoms with E-state index in [1.165, 1.54) is 0 Å². The van der Waals surface area contributed by atoms with Crippen LogP contribution in [-0.4, -0.2) is 12.5 Å². The third-order valence-electron chi connectivity index (χ3n) is 3.39. The Kier molecular flexibility index (Phi) is 5.61. The van der Waals surface area contributed by atoms with Crippen LogP contribution < -0.4 is 10.6 Å². The summed E-state index contributed by atoms with van der Waals surface area (Å²) in [6, 6.07) is 13.0. The van der Waals surface area contributed by atoms with Crippen molar-refractivity contribution in [3.05, 3.63) is 58.1 Å². The molecule has 23 heavy (non-hydrogen) atoms. The standard InChI is InChI=1S/C18H18ClN3O/c1-12-9-13(2)18(16(19)10-12)22-17(23)7-8-21-15-5-3-14(11-20)4-6-15/h3-6,9-10,21H,7-8H2,1-2H3,(H,22,23). The molecule has 0 unspecified atom stereocenters. The normalized spacial score (nSPS) is 10.0. The first-order valence-electron chi connectivity index (χ1n) is 7.30. The molecule has 2 aromatic carbocycles. The lowest BCUT2D eigenvalue weighted by atomic mass is 10.1. The van der Waals surface area contributed by atoms with Gasteiger partial charge in [-0.2, -0.15) is 5.26 Å². The molecule has 1 amide bonds. The molecule has 2 rings (SSSR count). The van der Waals surface area contributed by atoms with Gasteiger partial charge in [-0.3, -0.25) is 4.79 Å². The lowest BCUT2D eigenvalue weighted by Crippen LogP contribution is -2.17. The summed E-state index contributed by atoms with van der Waals surface area (Å²) in [5.41, 5.74) is 4.16. The van der Waals surface area contributed by atoms with Crippen molar-refractivity contribution < 1.29 is 4.79 Å². The molecule has 2 aromatic rings. The first kappa shape index (κ1) is 16.9. The van der Waals surface area contributed by atoms with Crippen LogP contribution >= 0.6 is 11.6 Å². The van der Waals surface area contributed by atoms with Gasteiger partial charge in [-0.1, -0.05) is 17.7 Å². The number of nitrogens with zero attached hydrogens (tertiary/aromatic N) is 1. The van der Waals surface area contributed by atoms with Gasteiger partial charge in [-0.05, 0) is 55.3 Å². The molecule has 0 atom stereocenters. The van der Waals surface area contributed by atoms with Gasteiger partial charge in [0.25, 0.3) is 0 Å². The molecule has 0 spiro atoms. The number of amides is 1. The maximum absolute atomic E-state index is 12.0. The van der Waals surface area contributed by atoms with Gasteiger partial charge in [0.05, 0.1) is 22.3 Å². The average molecular weight is 328 g/mol. The Balaban J connectivity index is 1.87. The predicted molar refractivity (Wildman–Crippen MR) is 93.8 cm³/mol. The Hall–Kier alpha value is -2.51. The number of hydrogen-bond acceptors (Lipinski definition) is 3. The minimum Gasteiger partial charge on any atom is -0.385 e. The number of carbonyl (C=O) groups is 1. The number of benzene rings is 2. The SMILES string of the molecule is Cc1cc(C)c(NC(=O)CCNc2ccc(C#N)cc2)c(Cl)c1. The topological polar surface area (TPSA) is 64.9 Å². The maximum Gasteiger partial charge on any atom is 0.226 e. The van der Waals surface area contributed by atoms with E-state index in [2.05, 4.69) is 16.7 Å². The summed E-state index contributed by atoms with van der Waals surface area (Å²) in [5.74, 6) is -0.0972. The third kappa shape index (κ3) is 4.73. The van der Waals surface area contributed by atoms with Gasteiger partial charge in [0, 0.05) is 18.7 Å². The zero-order chi connectivity index (χ0) is 16.8. The van der Waals surface area contributed by atoms with Gasteiger partial charge in [-0.25, -0.2) is 0 Å². The fourth-order valence-electron chi connectivity index (χ4n) is 2.26. The van der Waals surface area contributed by atoms with E-state index in [-0.39, 0.29) is 5.91 Å².